The number of rotatable bonds is 9. The van der Waals surface area contributed by atoms with E-state index in [2.05, 4.69) is 11.4 Å². The summed E-state index contributed by atoms with van der Waals surface area (Å²) in [6.45, 7) is 1.74. The van der Waals surface area contributed by atoms with E-state index in [1.165, 1.54) is 24.3 Å². The van der Waals surface area contributed by atoms with Crippen LogP contribution in [0.15, 0.2) is 60.7 Å². The maximum absolute atomic E-state index is 12.3. The molecule has 3 aromatic carbocycles. The van der Waals surface area contributed by atoms with Gasteiger partial charge >= 0.3 is 0 Å². The first-order chi connectivity index (χ1) is 16.8. The Morgan fingerprint density at radius 1 is 1.11 bits per heavy atom. The van der Waals surface area contributed by atoms with E-state index in [0.717, 1.165) is 0 Å². The number of carbonyl (C=O) groups is 1. The molecule has 1 N–H and O–H groups in total. The Kier molecular flexibility index (Phi) is 8.68. The second-order valence-electron chi connectivity index (χ2n) is 7.05. The summed E-state index contributed by atoms with van der Waals surface area (Å²) in [6.07, 6.45) is 1.57. The number of nitrogens with zero attached hydrogens (tertiary/aromatic N) is 2. The molecule has 0 aliphatic heterocycles. The Morgan fingerprint density at radius 3 is 2.46 bits per heavy atom. The average molecular weight is 512 g/mol. The number of allylic oxidation sites excluding steroid dienone is 1. The van der Waals surface area contributed by atoms with Crippen LogP contribution < -0.4 is 14.8 Å². The normalized spacial score (nSPS) is 10.9. The molecule has 0 heterocycles. The van der Waals surface area contributed by atoms with Crippen LogP contribution in [0.25, 0.3) is 11.6 Å². The Morgan fingerprint density at radius 2 is 1.83 bits per heavy atom. The van der Waals surface area contributed by atoms with Gasteiger partial charge < -0.3 is 14.8 Å². The van der Waals surface area contributed by atoms with Crippen LogP contribution in [0.1, 0.15) is 18.1 Å². The second kappa shape index (κ2) is 11.9. The Bertz CT molecular complexity index is 1320. The largest absolute Gasteiger partial charge is 0.490 e. The summed E-state index contributed by atoms with van der Waals surface area (Å²) >= 11 is 12.5. The molecule has 0 aromatic heterocycles. The van der Waals surface area contributed by atoms with Gasteiger partial charge in [0.2, 0.25) is 0 Å². The smallest absolute Gasteiger partial charge is 0.269 e. The molecule has 1 amide bonds. The van der Waals surface area contributed by atoms with Crippen molar-refractivity contribution in [2.24, 2.45) is 0 Å². The molecule has 0 saturated carbocycles. The van der Waals surface area contributed by atoms with Crippen molar-refractivity contribution in [1.29, 1.82) is 5.26 Å². The van der Waals surface area contributed by atoms with Gasteiger partial charge in [-0.1, -0.05) is 35.3 Å². The van der Waals surface area contributed by atoms with Crippen molar-refractivity contribution in [2.45, 2.75) is 6.92 Å². The molecule has 0 aliphatic carbocycles. The molecule has 3 rings (SSSR count). The number of nitrogens with one attached hydrogen (secondary N) is 1. The summed E-state index contributed by atoms with van der Waals surface area (Å²) in [4.78, 5) is 22.7. The summed E-state index contributed by atoms with van der Waals surface area (Å²) < 4.78 is 11.3. The van der Waals surface area contributed by atoms with Gasteiger partial charge in [0, 0.05) is 12.1 Å². The molecule has 178 valence electrons. The molecule has 10 heteroatoms. The average Bonchev–Trinajstić information content (AvgIpc) is 2.83. The predicted octanol–water partition coefficient (Wildman–Crippen LogP) is 6.38. The van der Waals surface area contributed by atoms with Crippen LogP contribution in [0.4, 0.5) is 11.4 Å². The number of non-ortho nitro benzene ring substituents is 1. The molecule has 0 spiro atoms. The number of amides is 1. The number of carbonyl (C=O) groups excluding carboxylic acids is 1. The van der Waals surface area contributed by atoms with Crippen LogP contribution in [-0.4, -0.2) is 24.0 Å². The van der Waals surface area contributed by atoms with Crippen LogP contribution in [-0.2, 0) is 4.79 Å². The highest BCUT2D eigenvalue weighted by Gasteiger charge is 2.15. The molecule has 0 bridgehead atoms. The Labute approximate surface area is 211 Å². The highest BCUT2D eigenvalue weighted by molar-refractivity contribution is 6.33. The fraction of sp³-hybridized carbons (Fsp3) is 0.120. The molecule has 0 radical (unpaired) electrons. The number of hydrogen-bond donors (Lipinski definition) is 1. The number of nitro groups is 1. The van der Waals surface area contributed by atoms with E-state index in [1.54, 1.807) is 49.4 Å². The third kappa shape index (κ3) is 6.73. The lowest BCUT2D eigenvalue weighted by Gasteiger charge is -2.15. The summed E-state index contributed by atoms with van der Waals surface area (Å²) in [7, 11) is 0. The first-order valence-electron chi connectivity index (χ1n) is 10.3. The minimum absolute atomic E-state index is 0.0761. The monoisotopic (exact) mass is 511 g/mol. The maximum Gasteiger partial charge on any atom is 0.269 e. The van der Waals surface area contributed by atoms with E-state index < -0.39 is 10.8 Å². The van der Waals surface area contributed by atoms with E-state index in [9.17, 15) is 20.2 Å². The molecule has 8 nitrogen and oxygen atoms in total. The van der Waals surface area contributed by atoms with Crippen molar-refractivity contribution in [3.8, 4) is 17.6 Å². The summed E-state index contributed by atoms with van der Waals surface area (Å²) in [6, 6.07) is 17.7. The van der Waals surface area contributed by atoms with Crippen molar-refractivity contribution in [3.63, 3.8) is 0 Å². The first-order valence-corrected chi connectivity index (χ1v) is 11.1. The van der Waals surface area contributed by atoms with Crippen LogP contribution in [0, 0.1) is 21.4 Å². The maximum atomic E-state index is 12.3. The van der Waals surface area contributed by atoms with Gasteiger partial charge in [-0.3, -0.25) is 14.9 Å². The molecule has 0 aliphatic rings. The van der Waals surface area contributed by atoms with E-state index in [1.807, 2.05) is 0 Å². The number of anilines is 1. The zero-order valence-electron chi connectivity index (χ0n) is 18.5. The fourth-order valence-corrected chi connectivity index (χ4v) is 3.53. The van der Waals surface area contributed by atoms with Crippen molar-refractivity contribution in [3.05, 3.63) is 92.0 Å². The van der Waals surface area contributed by atoms with Gasteiger partial charge in [0.05, 0.1) is 38.9 Å². The number of para-hydroxylation sites is 1. The van der Waals surface area contributed by atoms with E-state index in [4.69, 9.17) is 32.7 Å². The number of hydrogen-bond acceptors (Lipinski definition) is 6. The van der Waals surface area contributed by atoms with Gasteiger partial charge in [-0.2, -0.15) is 5.26 Å². The standard InChI is InChI=1S/C25H19Cl2N3O5/c1-2-34-23-13-16(11-18(14-28)17-7-9-19(10-8-17)30(32)33)12-21(27)25(23)35-15-24(31)29-22-6-4-3-5-20(22)26/h3-13H,2,15H2,1H3,(H,29,31)/b18-11+. The van der Waals surface area contributed by atoms with Crippen LogP contribution in [0.3, 0.4) is 0 Å². The molecule has 0 fully saturated rings. The molecule has 35 heavy (non-hydrogen) atoms. The first kappa shape index (κ1) is 25.6. The van der Waals surface area contributed by atoms with Crippen molar-refractivity contribution >= 4 is 52.1 Å². The highest BCUT2D eigenvalue weighted by Crippen LogP contribution is 2.38. The van der Waals surface area contributed by atoms with E-state index in [-0.39, 0.29) is 34.4 Å². The topological polar surface area (TPSA) is 114 Å². The summed E-state index contributed by atoms with van der Waals surface area (Å²) in [5.74, 6) is 0.0251. The molecular formula is C25H19Cl2N3O5. The van der Waals surface area contributed by atoms with Crippen LogP contribution in [0.5, 0.6) is 11.5 Å². The van der Waals surface area contributed by atoms with Crippen molar-refractivity contribution in [2.75, 3.05) is 18.5 Å². The van der Waals surface area contributed by atoms with Gasteiger partial charge in [-0.05, 0) is 60.5 Å². The fourth-order valence-electron chi connectivity index (χ4n) is 3.07. The van der Waals surface area contributed by atoms with Gasteiger partial charge in [0.15, 0.2) is 18.1 Å². The van der Waals surface area contributed by atoms with Gasteiger partial charge in [-0.15, -0.1) is 0 Å². The number of nitriles is 1. The van der Waals surface area contributed by atoms with E-state index in [0.29, 0.717) is 28.4 Å². The van der Waals surface area contributed by atoms with Gasteiger partial charge in [0.25, 0.3) is 11.6 Å². The number of nitro benzene ring substituents is 1. The van der Waals surface area contributed by atoms with Crippen LogP contribution in [0.2, 0.25) is 10.0 Å². The molecule has 0 saturated heterocycles. The van der Waals surface area contributed by atoms with E-state index >= 15 is 0 Å². The Hall–Kier alpha value is -4.06. The minimum Gasteiger partial charge on any atom is -0.490 e. The molecule has 0 atom stereocenters. The molecule has 0 unspecified atom stereocenters. The SMILES string of the molecule is CCOc1cc(/C=C(\C#N)c2ccc([N+](=O)[O-])cc2)cc(Cl)c1OCC(=O)Nc1ccccc1Cl. The minimum atomic E-state index is -0.513. The van der Waals surface area contributed by atoms with Crippen molar-refractivity contribution in [1.82, 2.24) is 0 Å². The third-order valence-corrected chi connectivity index (χ3v) is 5.26. The second-order valence-corrected chi connectivity index (χ2v) is 7.87. The van der Waals surface area contributed by atoms with Gasteiger partial charge in [0.1, 0.15) is 0 Å². The third-order valence-electron chi connectivity index (χ3n) is 4.65. The lowest BCUT2D eigenvalue weighted by Crippen LogP contribution is -2.20. The van der Waals surface area contributed by atoms with Crippen molar-refractivity contribution < 1.29 is 19.2 Å². The number of halogens is 2. The molecule has 3 aromatic rings. The Balaban J connectivity index is 1.82. The predicted molar refractivity (Wildman–Crippen MR) is 135 cm³/mol. The molecular weight excluding hydrogens is 493 g/mol. The summed E-state index contributed by atoms with van der Waals surface area (Å²) in [5, 5.41) is 23.7. The van der Waals surface area contributed by atoms with Crippen LogP contribution >= 0.6 is 23.2 Å². The number of benzene rings is 3. The number of ether oxygens (including phenoxy) is 2. The summed E-state index contributed by atoms with van der Waals surface area (Å²) in [5.41, 5.74) is 1.69. The zero-order valence-corrected chi connectivity index (χ0v) is 20.0. The zero-order chi connectivity index (χ0) is 25.4. The quantitative estimate of drug-likeness (QED) is 0.154. The van der Waals surface area contributed by atoms with Gasteiger partial charge in [-0.25, -0.2) is 0 Å². The lowest BCUT2D eigenvalue weighted by molar-refractivity contribution is -0.384. The lowest BCUT2D eigenvalue weighted by atomic mass is 10.0. The highest BCUT2D eigenvalue weighted by atomic mass is 35.5.